The topological polar surface area (TPSA) is 46.3 Å². The Balaban J connectivity index is 2.05. The predicted octanol–water partition coefficient (Wildman–Crippen LogP) is 3.18. The summed E-state index contributed by atoms with van der Waals surface area (Å²) in [7, 11) is 0. The summed E-state index contributed by atoms with van der Waals surface area (Å²) >= 11 is 0. The van der Waals surface area contributed by atoms with Gasteiger partial charge in [0.2, 0.25) is 5.91 Å². The largest absolute Gasteiger partial charge is 0.339 e. The molecule has 2 aliphatic rings. The van der Waals surface area contributed by atoms with Crippen molar-refractivity contribution >= 4 is 5.91 Å². The molecule has 1 saturated carbocycles. The Morgan fingerprint density at radius 2 is 1.85 bits per heavy atom. The van der Waals surface area contributed by atoms with Gasteiger partial charge in [0.15, 0.2) is 0 Å². The van der Waals surface area contributed by atoms with E-state index in [4.69, 9.17) is 5.73 Å². The van der Waals surface area contributed by atoms with Gasteiger partial charge in [0.1, 0.15) is 0 Å². The molecule has 2 fully saturated rings. The standard InChI is InChI=1S/C17H32N2O/c1-17(2,3)11-14(12-18)16(20)19-10-6-8-13-7-4-5-9-15(13)19/h13-15H,4-12,18H2,1-3H3. The normalized spacial score (nSPS) is 28.9. The van der Waals surface area contributed by atoms with Crippen LogP contribution in [0.1, 0.15) is 65.7 Å². The summed E-state index contributed by atoms with van der Waals surface area (Å²) in [5.74, 6) is 1.10. The summed E-state index contributed by atoms with van der Waals surface area (Å²) in [6.07, 6.45) is 8.57. The van der Waals surface area contributed by atoms with Crippen LogP contribution in [-0.2, 0) is 4.79 Å². The number of hydrogen-bond acceptors (Lipinski definition) is 2. The monoisotopic (exact) mass is 280 g/mol. The Labute approximate surface area is 124 Å². The molecule has 0 aromatic rings. The van der Waals surface area contributed by atoms with Crippen LogP contribution in [0.4, 0.5) is 0 Å². The number of fused-ring (bicyclic) bond motifs is 1. The molecule has 1 heterocycles. The SMILES string of the molecule is CC(C)(C)CC(CN)C(=O)N1CCCC2CCCCC21. The molecule has 2 rings (SSSR count). The van der Waals surface area contributed by atoms with E-state index in [0.717, 1.165) is 18.9 Å². The number of amides is 1. The zero-order valence-electron chi connectivity index (χ0n) is 13.5. The van der Waals surface area contributed by atoms with E-state index in [1.807, 2.05) is 0 Å². The van der Waals surface area contributed by atoms with E-state index in [1.54, 1.807) is 0 Å². The van der Waals surface area contributed by atoms with Crippen molar-refractivity contribution in [2.75, 3.05) is 13.1 Å². The molecule has 1 amide bonds. The maximum atomic E-state index is 12.9. The van der Waals surface area contributed by atoms with Crippen LogP contribution < -0.4 is 5.73 Å². The molecule has 2 N–H and O–H groups in total. The number of nitrogens with two attached hydrogens (primary N) is 1. The van der Waals surface area contributed by atoms with Gasteiger partial charge in [-0.15, -0.1) is 0 Å². The van der Waals surface area contributed by atoms with Gasteiger partial charge >= 0.3 is 0 Å². The fourth-order valence-corrected chi connectivity index (χ4v) is 4.14. The van der Waals surface area contributed by atoms with Gasteiger partial charge in [0.05, 0.1) is 5.92 Å². The number of rotatable bonds is 3. The van der Waals surface area contributed by atoms with Gasteiger partial charge in [-0.25, -0.2) is 0 Å². The zero-order valence-corrected chi connectivity index (χ0v) is 13.5. The van der Waals surface area contributed by atoms with Crippen LogP contribution in [0.5, 0.6) is 0 Å². The minimum absolute atomic E-state index is 0.00989. The lowest BCUT2D eigenvalue weighted by Crippen LogP contribution is -2.52. The molecule has 3 nitrogen and oxygen atoms in total. The molecule has 0 spiro atoms. The van der Waals surface area contributed by atoms with Gasteiger partial charge in [-0.3, -0.25) is 4.79 Å². The second-order valence-corrected chi connectivity index (χ2v) is 7.98. The van der Waals surface area contributed by atoms with Crippen LogP contribution in [0.15, 0.2) is 0 Å². The molecule has 116 valence electrons. The number of hydrogen-bond donors (Lipinski definition) is 1. The molecule has 3 unspecified atom stereocenters. The van der Waals surface area contributed by atoms with Crippen molar-refractivity contribution in [3.05, 3.63) is 0 Å². The first-order chi connectivity index (χ1) is 9.42. The lowest BCUT2D eigenvalue weighted by atomic mass is 9.77. The van der Waals surface area contributed by atoms with Crippen LogP contribution in [0.2, 0.25) is 0 Å². The van der Waals surface area contributed by atoms with E-state index >= 15 is 0 Å². The molecule has 0 bridgehead atoms. The summed E-state index contributed by atoms with van der Waals surface area (Å²) in [5, 5.41) is 0. The highest BCUT2D eigenvalue weighted by Gasteiger charge is 2.38. The quantitative estimate of drug-likeness (QED) is 0.863. The highest BCUT2D eigenvalue weighted by atomic mass is 16.2. The molecule has 1 aliphatic carbocycles. The Kier molecular flexibility index (Phi) is 5.11. The highest BCUT2D eigenvalue weighted by molar-refractivity contribution is 5.79. The third-order valence-corrected chi connectivity index (χ3v) is 5.02. The van der Waals surface area contributed by atoms with Gasteiger partial charge in [-0.05, 0) is 43.4 Å². The van der Waals surface area contributed by atoms with E-state index in [-0.39, 0.29) is 11.3 Å². The van der Waals surface area contributed by atoms with Crippen molar-refractivity contribution < 1.29 is 4.79 Å². The van der Waals surface area contributed by atoms with E-state index in [9.17, 15) is 4.79 Å². The van der Waals surface area contributed by atoms with E-state index in [2.05, 4.69) is 25.7 Å². The first-order valence-electron chi connectivity index (χ1n) is 8.43. The summed E-state index contributed by atoms with van der Waals surface area (Å²) in [5.41, 5.74) is 6.08. The van der Waals surface area contributed by atoms with Crippen LogP contribution in [-0.4, -0.2) is 29.9 Å². The molecule has 3 atom stereocenters. The molecule has 3 heteroatoms. The van der Waals surface area contributed by atoms with Crippen LogP contribution in [0, 0.1) is 17.3 Å². The van der Waals surface area contributed by atoms with Crippen molar-refractivity contribution in [2.24, 2.45) is 23.0 Å². The summed E-state index contributed by atoms with van der Waals surface area (Å²) in [4.78, 5) is 15.1. The van der Waals surface area contributed by atoms with Crippen LogP contribution >= 0.6 is 0 Å². The predicted molar refractivity (Wildman–Crippen MR) is 83.3 cm³/mol. The number of carbonyl (C=O) groups is 1. The van der Waals surface area contributed by atoms with Gasteiger partial charge in [-0.2, -0.15) is 0 Å². The first-order valence-corrected chi connectivity index (χ1v) is 8.43. The maximum absolute atomic E-state index is 12.9. The van der Waals surface area contributed by atoms with Crippen molar-refractivity contribution in [1.82, 2.24) is 4.90 Å². The lowest BCUT2D eigenvalue weighted by molar-refractivity contribution is -0.142. The Morgan fingerprint density at radius 3 is 2.50 bits per heavy atom. The fourth-order valence-electron chi connectivity index (χ4n) is 4.14. The third kappa shape index (κ3) is 3.75. The Hall–Kier alpha value is -0.570. The molecule has 1 aliphatic heterocycles. The minimum Gasteiger partial charge on any atom is -0.339 e. The zero-order chi connectivity index (χ0) is 14.8. The molecule has 0 aromatic heterocycles. The third-order valence-electron chi connectivity index (χ3n) is 5.02. The van der Waals surface area contributed by atoms with E-state index in [1.165, 1.54) is 38.5 Å². The smallest absolute Gasteiger partial charge is 0.227 e. The first kappa shape index (κ1) is 15.8. The van der Waals surface area contributed by atoms with Crippen molar-refractivity contribution in [2.45, 2.75) is 71.8 Å². The van der Waals surface area contributed by atoms with Gasteiger partial charge in [-0.1, -0.05) is 33.6 Å². The average molecular weight is 280 g/mol. The van der Waals surface area contributed by atoms with Crippen LogP contribution in [0.25, 0.3) is 0 Å². The second kappa shape index (κ2) is 6.46. The average Bonchev–Trinajstić information content (AvgIpc) is 2.42. The van der Waals surface area contributed by atoms with Gasteiger partial charge < -0.3 is 10.6 Å². The fraction of sp³-hybridized carbons (Fsp3) is 0.941. The number of piperidine rings is 1. The molecular weight excluding hydrogens is 248 g/mol. The molecular formula is C17H32N2O. The van der Waals surface area contributed by atoms with Crippen molar-refractivity contribution in [1.29, 1.82) is 0 Å². The Morgan fingerprint density at radius 1 is 1.20 bits per heavy atom. The molecule has 0 aromatic carbocycles. The number of likely N-dealkylation sites (tertiary alicyclic amines) is 1. The molecule has 20 heavy (non-hydrogen) atoms. The van der Waals surface area contributed by atoms with E-state index in [0.29, 0.717) is 18.5 Å². The van der Waals surface area contributed by atoms with Gasteiger partial charge in [0, 0.05) is 19.1 Å². The second-order valence-electron chi connectivity index (χ2n) is 7.98. The van der Waals surface area contributed by atoms with Crippen LogP contribution in [0.3, 0.4) is 0 Å². The maximum Gasteiger partial charge on any atom is 0.227 e. The molecule has 0 radical (unpaired) electrons. The number of nitrogens with zero attached hydrogens (tertiary/aromatic N) is 1. The summed E-state index contributed by atoms with van der Waals surface area (Å²) in [6.45, 7) is 8.04. The summed E-state index contributed by atoms with van der Waals surface area (Å²) < 4.78 is 0. The van der Waals surface area contributed by atoms with Gasteiger partial charge in [0.25, 0.3) is 0 Å². The summed E-state index contributed by atoms with van der Waals surface area (Å²) in [6, 6.07) is 0.513. The Bertz CT molecular complexity index is 332. The van der Waals surface area contributed by atoms with Crippen molar-refractivity contribution in [3.8, 4) is 0 Å². The lowest BCUT2D eigenvalue weighted by Gasteiger charge is -2.45. The van der Waals surface area contributed by atoms with Crippen molar-refractivity contribution in [3.63, 3.8) is 0 Å². The highest BCUT2D eigenvalue weighted by Crippen LogP contribution is 2.36. The van der Waals surface area contributed by atoms with E-state index < -0.39 is 0 Å². The molecule has 1 saturated heterocycles. The number of carbonyl (C=O) groups excluding carboxylic acids is 1. The minimum atomic E-state index is 0.00989.